The van der Waals surface area contributed by atoms with E-state index in [9.17, 15) is 13.6 Å². The molecule has 1 aromatic heterocycles. The summed E-state index contributed by atoms with van der Waals surface area (Å²) in [6.45, 7) is 1.94. The SMILES string of the molecule is Cc1ccc(CC=O)cc1Nc1cccc(-c2ccc(F)cc2F)n1. The van der Waals surface area contributed by atoms with Crippen LogP contribution in [0.25, 0.3) is 11.3 Å². The zero-order valence-corrected chi connectivity index (χ0v) is 13.6. The number of nitrogens with one attached hydrogen (secondary N) is 1. The van der Waals surface area contributed by atoms with Gasteiger partial charge in [-0.25, -0.2) is 13.8 Å². The van der Waals surface area contributed by atoms with Crippen molar-refractivity contribution < 1.29 is 13.6 Å². The fraction of sp³-hybridized carbons (Fsp3) is 0.100. The van der Waals surface area contributed by atoms with Gasteiger partial charge in [0.15, 0.2) is 0 Å². The number of halogens is 2. The topological polar surface area (TPSA) is 42.0 Å². The minimum absolute atomic E-state index is 0.233. The fourth-order valence-corrected chi connectivity index (χ4v) is 2.52. The van der Waals surface area contributed by atoms with Crippen molar-refractivity contribution in [3.63, 3.8) is 0 Å². The smallest absolute Gasteiger partial charge is 0.135 e. The van der Waals surface area contributed by atoms with Crippen molar-refractivity contribution in [3.8, 4) is 11.3 Å². The number of hydrogen-bond donors (Lipinski definition) is 1. The van der Waals surface area contributed by atoms with E-state index < -0.39 is 11.6 Å². The predicted octanol–water partition coefficient (Wildman–Crippen LogP) is 4.82. The molecule has 0 aliphatic heterocycles. The van der Waals surface area contributed by atoms with Crippen molar-refractivity contribution in [3.05, 3.63) is 77.4 Å². The van der Waals surface area contributed by atoms with Crippen molar-refractivity contribution in [2.45, 2.75) is 13.3 Å². The highest BCUT2D eigenvalue weighted by Gasteiger charge is 2.09. The molecule has 0 unspecified atom stereocenters. The van der Waals surface area contributed by atoms with Gasteiger partial charge in [0.1, 0.15) is 23.7 Å². The van der Waals surface area contributed by atoms with Gasteiger partial charge in [0.05, 0.1) is 5.69 Å². The lowest BCUT2D eigenvalue weighted by molar-refractivity contribution is -0.107. The molecule has 126 valence electrons. The third kappa shape index (κ3) is 3.88. The molecule has 25 heavy (non-hydrogen) atoms. The lowest BCUT2D eigenvalue weighted by Crippen LogP contribution is -1.99. The maximum absolute atomic E-state index is 14.0. The molecule has 3 aromatic rings. The van der Waals surface area contributed by atoms with Crippen LogP contribution in [0.4, 0.5) is 20.3 Å². The number of benzene rings is 2. The van der Waals surface area contributed by atoms with Gasteiger partial charge in [0, 0.05) is 23.7 Å². The minimum Gasteiger partial charge on any atom is -0.340 e. The average Bonchev–Trinajstić information content (AvgIpc) is 2.58. The van der Waals surface area contributed by atoms with E-state index in [2.05, 4.69) is 10.3 Å². The second-order valence-corrected chi connectivity index (χ2v) is 5.68. The Hall–Kier alpha value is -3.08. The van der Waals surface area contributed by atoms with Gasteiger partial charge in [-0.15, -0.1) is 0 Å². The Bertz CT molecular complexity index is 925. The van der Waals surface area contributed by atoms with Gasteiger partial charge in [-0.2, -0.15) is 0 Å². The van der Waals surface area contributed by atoms with Gasteiger partial charge in [0.2, 0.25) is 0 Å². The number of rotatable bonds is 5. The van der Waals surface area contributed by atoms with Gasteiger partial charge in [-0.05, 0) is 48.4 Å². The summed E-state index contributed by atoms with van der Waals surface area (Å²) in [4.78, 5) is 15.1. The molecule has 3 rings (SSSR count). The first-order valence-electron chi connectivity index (χ1n) is 7.79. The largest absolute Gasteiger partial charge is 0.340 e. The Morgan fingerprint density at radius 3 is 2.68 bits per heavy atom. The van der Waals surface area contributed by atoms with Crippen molar-refractivity contribution >= 4 is 17.8 Å². The van der Waals surface area contributed by atoms with E-state index in [0.29, 0.717) is 17.9 Å². The lowest BCUT2D eigenvalue weighted by Gasteiger charge is -2.12. The number of hydrogen-bond acceptors (Lipinski definition) is 3. The zero-order chi connectivity index (χ0) is 17.8. The first-order chi connectivity index (χ1) is 12.1. The predicted molar refractivity (Wildman–Crippen MR) is 93.8 cm³/mol. The minimum atomic E-state index is -0.659. The number of nitrogens with zero attached hydrogens (tertiary/aromatic N) is 1. The van der Waals surface area contributed by atoms with Crippen molar-refractivity contribution in [1.82, 2.24) is 4.98 Å². The number of carbonyl (C=O) groups excluding carboxylic acids is 1. The Kier molecular flexibility index (Phi) is 4.84. The quantitative estimate of drug-likeness (QED) is 0.678. The highest BCUT2D eigenvalue weighted by molar-refractivity contribution is 5.67. The molecule has 0 saturated heterocycles. The van der Waals surface area contributed by atoms with Crippen LogP contribution in [0.15, 0.2) is 54.6 Å². The molecule has 0 radical (unpaired) electrons. The summed E-state index contributed by atoms with van der Waals surface area (Å²) in [6.07, 6.45) is 1.19. The van der Waals surface area contributed by atoms with Gasteiger partial charge in [-0.1, -0.05) is 18.2 Å². The van der Waals surface area contributed by atoms with E-state index in [1.54, 1.807) is 18.2 Å². The molecule has 0 aliphatic rings. The van der Waals surface area contributed by atoms with Gasteiger partial charge < -0.3 is 10.1 Å². The van der Waals surface area contributed by atoms with Crippen molar-refractivity contribution in [2.24, 2.45) is 0 Å². The summed E-state index contributed by atoms with van der Waals surface area (Å²) < 4.78 is 27.0. The summed E-state index contributed by atoms with van der Waals surface area (Å²) in [7, 11) is 0. The monoisotopic (exact) mass is 338 g/mol. The average molecular weight is 338 g/mol. The van der Waals surface area contributed by atoms with Crippen LogP contribution in [0, 0.1) is 18.6 Å². The van der Waals surface area contributed by atoms with E-state index in [1.165, 1.54) is 12.1 Å². The maximum Gasteiger partial charge on any atom is 0.135 e. The maximum atomic E-state index is 14.0. The molecular formula is C20H16F2N2O. The number of aromatic nitrogens is 1. The standard InChI is InChI=1S/C20H16F2N2O/c1-13-5-6-14(9-10-25)11-19(13)24-20-4-2-3-18(23-20)16-8-7-15(21)12-17(16)22/h2-8,10-12H,9H2,1H3,(H,23,24). The van der Waals surface area contributed by atoms with E-state index in [-0.39, 0.29) is 5.56 Å². The Morgan fingerprint density at radius 2 is 1.92 bits per heavy atom. The molecule has 0 fully saturated rings. The highest BCUT2D eigenvalue weighted by atomic mass is 19.1. The summed E-state index contributed by atoms with van der Waals surface area (Å²) in [5, 5.41) is 3.19. The third-order valence-electron chi connectivity index (χ3n) is 3.84. The van der Waals surface area contributed by atoms with Crippen molar-refractivity contribution in [2.75, 3.05) is 5.32 Å². The zero-order valence-electron chi connectivity index (χ0n) is 13.6. The van der Waals surface area contributed by atoms with E-state index >= 15 is 0 Å². The summed E-state index contributed by atoms with van der Waals surface area (Å²) in [5.74, 6) is -0.750. The molecule has 3 nitrogen and oxygen atoms in total. The van der Waals surface area contributed by atoms with Crippen LogP contribution in [0.1, 0.15) is 11.1 Å². The first kappa shape index (κ1) is 16.8. The molecule has 0 saturated carbocycles. The Balaban J connectivity index is 1.92. The molecule has 0 amide bonds. The molecule has 1 N–H and O–H groups in total. The van der Waals surface area contributed by atoms with Crippen LogP contribution >= 0.6 is 0 Å². The Labute approximate surface area is 144 Å². The van der Waals surface area contributed by atoms with E-state index in [0.717, 1.165) is 29.2 Å². The summed E-state index contributed by atoms with van der Waals surface area (Å²) in [6, 6.07) is 14.3. The molecule has 0 atom stereocenters. The molecule has 0 spiro atoms. The second-order valence-electron chi connectivity index (χ2n) is 5.68. The highest BCUT2D eigenvalue weighted by Crippen LogP contribution is 2.25. The van der Waals surface area contributed by atoms with Crippen LogP contribution in [-0.4, -0.2) is 11.3 Å². The van der Waals surface area contributed by atoms with Crippen LogP contribution in [0.3, 0.4) is 0 Å². The van der Waals surface area contributed by atoms with Gasteiger partial charge >= 0.3 is 0 Å². The van der Waals surface area contributed by atoms with Gasteiger partial charge in [0.25, 0.3) is 0 Å². The number of aryl methyl sites for hydroxylation is 1. The fourth-order valence-electron chi connectivity index (χ4n) is 2.52. The van der Waals surface area contributed by atoms with Crippen LogP contribution in [0.2, 0.25) is 0 Å². The normalized spacial score (nSPS) is 10.5. The number of anilines is 2. The van der Waals surface area contributed by atoms with Crippen LogP contribution < -0.4 is 5.32 Å². The molecule has 2 aromatic carbocycles. The van der Waals surface area contributed by atoms with Gasteiger partial charge in [-0.3, -0.25) is 0 Å². The number of carbonyl (C=O) groups is 1. The number of pyridine rings is 1. The molecular weight excluding hydrogens is 322 g/mol. The molecule has 0 bridgehead atoms. The molecule has 0 aliphatic carbocycles. The van der Waals surface area contributed by atoms with E-state index in [4.69, 9.17) is 0 Å². The molecule has 5 heteroatoms. The third-order valence-corrected chi connectivity index (χ3v) is 3.84. The van der Waals surface area contributed by atoms with E-state index in [1.807, 2.05) is 25.1 Å². The first-order valence-corrected chi connectivity index (χ1v) is 7.79. The van der Waals surface area contributed by atoms with Crippen LogP contribution in [-0.2, 0) is 11.2 Å². The summed E-state index contributed by atoms with van der Waals surface area (Å²) in [5.41, 5.74) is 3.35. The lowest BCUT2D eigenvalue weighted by atomic mass is 10.1. The van der Waals surface area contributed by atoms with Crippen molar-refractivity contribution in [1.29, 1.82) is 0 Å². The molecule has 1 heterocycles. The number of aldehydes is 1. The Morgan fingerprint density at radius 1 is 1.08 bits per heavy atom. The summed E-state index contributed by atoms with van der Waals surface area (Å²) >= 11 is 0. The van der Waals surface area contributed by atoms with Crippen LogP contribution in [0.5, 0.6) is 0 Å². The second kappa shape index (κ2) is 7.21.